The Kier molecular flexibility index (Phi) is 5.19. The number of ether oxygens (including phenoxy) is 1. The predicted octanol–water partition coefficient (Wildman–Crippen LogP) is 4.02. The number of likely N-dealkylation sites (N-methyl/N-ethyl adjacent to an activating group) is 1. The van der Waals surface area contributed by atoms with Crippen LogP contribution >= 0.6 is 11.8 Å². The van der Waals surface area contributed by atoms with E-state index < -0.39 is 0 Å². The van der Waals surface area contributed by atoms with Crippen molar-refractivity contribution < 1.29 is 9.53 Å². The third-order valence-corrected chi connectivity index (χ3v) is 4.64. The van der Waals surface area contributed by atoms with Crippen LogP contribution in [0.4, 0.5) is 5.82 Å². The van der Waals surface area contributed by atoms with Crippen LogP contribution in [-0.4, -0.2) is 34.6 Å². The van der Waals surface area contributed by atoms with Gasteiger partial charge in [0.15, 0.2) is 11.0 Å². The first-order chi connectivity index (χ1) is 12.1. The number of aryl methyl sites for hydroxylation is 1. The van der Waals surface area contributed by atoms with Gasteiger partial charge in [-0.05, 0) is 61.5 Å². The maximum absolute atomic E-state index is 12.5. The van der Waals surface area contributed by atoms with E-state index in [0.29, 0.717) is 22.5 Å². The number of benzene rings is 1. The maximum Gasteiger partial charge on any atom is 0.266 e. The Morgan fingerprint density at radius 3 is 2.68 bits per heavy atom. The van der Waals surface area contributed by atoms with Crippen LogP contribution in [0.5, 0.6) is 5.75 Å². The van der Waals surface area contributed by atoms with E-state index in [-0.39, 0.29) is 5.91 Å². The Labute approximate surface area is 151 Å². The fourth-order valence-electron chi connectivity index (χ4n) is 2.32. The van der Waals surface area contributed by atoms with Crippen molar-refractivity contribution in [1.82, 2.24) is 9.88 Å². The Hall–Kier alpha value is -2.60. The van der Waals surface area contributed by atoms with Gasteiger partial charge in [0.1, 0.15) is 5.75 Å². The monoisotopic (exact) mass is 353 g/mol. The standard InChI is InChI=1S/C19H19N3O2S/c1-4-24-15-10-8-14(9-11-15)12-16-18(23)22(3)19(25-16)21-17-7-5-6-13(2)20-17/h5-12H,4H2,1-3H3/b16-12-,21-19+. The van der Waals surface area contributed by atoms with Gasteiger partial charge in [0, 0.05) is 12.7 Å². The highest BCUT2D eigenvalue weighted by Crippen LogP contribution is 2.33. The van der Waals surface area contributed by atoms with Crippen molar-refractivity contribution in [3.8, 4) is 5.75 Å². The molecule has 0 N–H and O–H groups in total. The third-order valence-electron chi connectivity index (χ3n) is 3.58. The van der Waals surface area contributed by atoms with Gasteiger partial charge in [-0.1, -0.05) is 18.2 Å². The Balaban J connectivity index is 1.83. The van der Waals surface area contributed by atoms with Gasteiger partial charge in [0.2, 0.25) is 0 Å². The average Bonchev–Trinajstić information content (AvgIpc) is 2.85. The summed E-state index contributed by atoms with van der Waals surface area (Å²) in [5.74, 6) is 1.36. The molecule has 0 spiro atoms. The Morgan fingerprint density at radius 1 is 1.24 bits per heavy atom. The molecule has 6 heteroatoms. The summed E-state index contributed by atoms with van der Waals surface area (Å²) >= 11 is 1.35. The number of carbonyl (C=O) groups excluding carboxylic acids is 1. The molecule has 2 aromatic rings. The zero-order valence-corrected chi connectivity index (χ0v) is 15.2. The molecule has 0 atom stereocenters. The second kappa shape index (κ2) is 7.53. The van der Waals surface area contributed by atoms with Crippen molar-refractivity contribution in [3.63, 3.8) is 0 Å². The number of hydrogen-bond donors (Lipinski definition) is 0. The number of aliphatic imine (C=N–C) groups is 1. The van der Waals surface area contributed by atoms with Crippen molar-refractivity contribution >= 4 is 34.7 Å². The summed E-state index contributed by atoms with van der Waals surface area (Å²) in [6.07, 6.45) is 1.87. The van der Waals surface area contributed by atoms with E-state index in [4.69, 9.17) is 4.74 Å². The molecule has 2 heterocycles. The molecule has 5 nitrogen and oxygen atoms in total. The van der Waals surface area contributed by atoms with Crippen LogP contribution in [-0.2, 0) is 4.79 Å². The lowest BCUT2D eigenvalue weighted by Crippen LogP contribution is -2.23. The van der Waals surface area contributed by atoms with Crippen LogP contribution in [0.3, 0.4) is 0 Å². The molecule has 3 rings (SSSR count). The molecule has 0 saturated carbocycles. The first kappa shape index (κ1) is 17.2. The molecule has 1 aromatic carbocycles. The predicted molar refractivity (Wildman–Crippen MR) is 102 cm³/mol. The molecule has 1 amide bonds. The lowest BCUT2D eigenvalue weighted by Gasteiger charge is -2.06. The third kappa shape index (κ3) is 4.09. The number of thioether (sulfide) groups is 1. The molecule has 128 valence electrons. The largest absolute Gasteiger partial charge is 0.494 e. The van der Waals surface area contributed by atoms with E-state index in [0.717, 1.165) is 17.0 Å². The smallest absolute Gasteiger partial charge is 0.266 e. The van der Waals surface area contributed by atoms with Crippen LogP contribution in [0.2, 0.25) is 0 Å². The Bertz CT molecular complexity index is 844. The fourth-order valence-corrected chi connectivity index (χ4v) is 3.29. The topological polar surface area (TPSA) is 54.8 Å². The SMILES string of the molecule is CCOc1ccc(/C=C2\S/C(=N/c3cccc(C)n3)N(C)C2=O)cc1. The highest BCUT2D eigenvalue weighted by Gasteiger charge is 2.30. The summed E-state index contributed by atoms with van der Waals surface area (Å²) in [5.41, 5.74) is 1.84. The van der Waals surface area contributed by atoms with E-state index in [1.807, 2.05) is 62.4 Å². The number of nitrogens with zero attached hydrogens (tertiary/aromatic N) is 3. The minimum Gasteiger partial charge on any atom is -0.494 e. The molecule has 0 unspecified atom stereocenters. The summed E-state index contributed by atoms with van der Waals surface area (Å²) in [6.45, 7) is 4.49. The number of hydrogen-bond acceptors (Lipinski definition) is 5. The minimum atomic E-state index is -0.0645. The molecule has 25 heavy (non-hydrogen) atoms. The summed E-state index contributed by atoms with van der Waals surface area (Å²) in [6, 6.07) is 13.3. The van der Waals surface area contributed by atoms with Crippen LogP contribution < -0.4 is 4.74 Å². The molecular formula is C19H19N3O2S. The molecule has 1 aromatic heterocycles. The minimum absolute atomic E-state index is 0.0645. The zero-order chi connectivity index (χ0) is 17.8. The lowest BCUT2D eigenvalue weighted by molar-refractivity contribution is -0.121. The summed E-state index contributed by atoms with van der Waals surface area (Å²) in [4.78, 5) is 23.5. The maximum atomic E-state index is 12.5. The van der Waals surface area contributed by atoms with Crippen LogP contribution in [0, 0.1) is 6.92 Å². The molecule has 1 aliphatic rings. The van der Waals surface area contributed by atoms with Gasteiger partial charge in [-0.15, -0.1) is 0 Å². The highest BCUT2D eigenvalue weighted by molar-refractivity contribution is 8.18. The molecule has 1 saturated heterocycles. The number of pyridine rings is 1. The van der Waals surface area contributed by atoms with Crippen molar-refractivity contribution in [2.75, 3.05) is 13.7 Å². The number of rotatable bonds is 4. The van der Waals surface area contributed by atoms with Crippen LogP contribution in [0.25, 0.3) is 6.08 Å². The first-order valence-corrected chi connectivity index (χ1v) is 8.81. The van der Waals surface area contributed by atoms with Crippen molar-refractivity contribution in [2.24, 2.45) is 4.99 Å². The van der Waals surface area contributed by atoms with Crippen LogP contribution in [0.15, 0.2) is 52.4 Å². The van der Waals surface area contributed by atoms with Crippen LogP contribution in [0.1, 0.15) is 18.2 Å². The quantitative estimate of drug-likeness (QED) is 0.779. The lowest BCUT2D eigenvalue weighted by atomic mass is 10.2. The number of amidine groups is 1. The van der Waals surface area contributed by atoms with Gasteiger partial charge in [-0.25, -0.2) is 9.98 Å². The number of amides is 1. The van der Waals surface area contributed by atoms with Gasteiger partial charge in [-0.2, -0.15) is 0 Å². The van der Waals surface area contributed by atoms with Gasteiger partial charge in [-0.3, -0.25) is 9.69 Å². The van der Waals surface area contributed by atoms with E-state index in [1.165, 1.54) is 11.8 Å². The normalized spacial score (nSPS) is 17.6. The highest BCUT2D eigenvalue weighted by atomic mass is 32.2. The van der Waals surface area contributed by atoms with E-state index >= 15 is 0 Å². The van der Waals surface area contributed by atoms with Gasteiger partial charge < -0.3 is 4.74 Å². The van der Waals surface area contributed by atoms with Gasteiger partial charge in [0.25, 0.3) is 5.91 Å². The number of carbonyl (C=O) groups is 1. The van der Waals surface area contributed by atoms with Crippen molar-refractivity contribution in [1.29, 1.82) is 0 Å². The van der Waals surface area contributed by atoms with E-state index in [1.54, 1.807) is 11.9 Å². The average molecular weight is 353 g/mol. The summed E-state index contributed by atoms with van der Waals surface area (Å²) in [5, 5.41) is 0.625. The van der Waals surface area contributed by atoms with Crippen molar-refractivity contribution in [2.45, 2.75) is 13.8 Å². The number of aromatic nitrogens is 1. The second-order valence-electron chi connectivity index (χ2n) is 5.51. The van der Waals surface area contributed by atoms with Crippen molar-refractivity contribution in [3.05, 3.63) is 58.6 Å². The summed E-state index contributed by atoms with van der Waals surface area (Å²) < 4.78 is 5.43. The molecule has 1 aliphatic heterocycles. The van der Waals surface area contributed by atoms with E-state index in [9.17, 15) is 4.79 Å². The molecular weight excluding hydrogens is 334 g/mol. The molecule has 1 fully saturated rings. The molecule has 0 bridgehead atoms. The van der Waals surface area contributed by atoms with E-state index in [2.05, 4.69) is 9.98 Å². The first-order valence-electron chi connectivity index (χ1n) is 7.99. The molecule has 0 aliphatic carbocycles. The van der Waals surface area contributed by atoms with Gasteiger partial charge in [0.05, 0.1) is 11.5 Å². The molecule has 0 radical (unpaired) electrons. The fraction of sp³-hybridized carbons (Fsp3) is 0.211. The zero-order valence-electron chi connectivity index (χ0n) is 14.4. The second-order valence-corrected chi connectivity index (χ2v) is 6.52. The summed E-state index contributed by atoms with van der Waals surface area (Å²) in [7, 11) is 1.73. The Morgan fingerprint density at radius 2 is 2.00 bits per heavy atom. The van der Waals surface area contributed by atoms with Gasteiger partial charge >= 0.3 is 0 Å².